The SMILES string of the molecule is COC(=O)Cn1c(C(C)NC(=O)Cc2ccccc2C)nc2ccccc21. The molecule has 1 aromatic heterocycles. The lowest BCUT2D eigenvalue weighted by Gasteiger charge is -2.16. The van der Waals surface area contributed by atoms with Crippen LogP contribution >= 0.6 is 0 Å². The summed E-state index contributed by atoms with van der Waals surface area (Å²) in [4.78, 5) is 29.0. The minimum Gasteiger partial charge on any atom is -0.468 e. The Morgan fingerprint density at radius 1 is 1.15 bits per heavy atom. The number of hydrogen-bond acceptors (Lipinski definition) is 4. The molecule has 0 aliphatic heterocycles. The normalized spacial score (nSPS) is 12.0. The number of aromatic nitrogens is 2. The van der Waals surface area contributed by atoms with E-state index in [4.69, 9.17) is 4.74 Å². The summed E-state index contributed by atoms with van der Waals surface area (Å²) in [5, 5.41) is 2.99. The molecule has 0 saturated heterocycles. The minimum absolute atomic E-state index is 0.0460. The van der Waals surface area contributed by atoms with Crippen molar-refractivity contribution in [2.24, 2.45) is 0 Å². The van der Waals surface area contributed by atoms with E-state index in [1.165, 1.54) is 7.11 Å². The van der Waals surface area contributed by atoms with Crippen molar-refractivity contribution in [1.82, 2.24) is 14.9 Å². The second-order valence-corrected chi connectivity index (χ2v) is 6.51. The molecular formula is C21H23N3O3. The molecule has 0 saturated carbocycles. The Kier molecular flexibility index (Phi) is 5.54. The van der Waals surface area contributed by atoms with Gasteiger partial charge in [0.15, 0.2) is 0 Å². The zero-order chi connectivity index (χ0) is 19.4. The first-order valence-electron chi connectivity index (χ1n) is 8.85. The molecule has 1 N–H and O–H groups in total. The number of carbonyl (C=O) groups excluding carboxylic acids is 2. The van der Waals surface area contributed by atoms with E-state index in [1.807, 2.05) is 62.4 Å². The average molecular weight is 365 g/mol. The van der Waals surface area contributed by atoms with E-state index < -0.39 is 0 Å². The first-order valence-corrected chi connectivity index (χ1v) is 8.85. The van der Waals surface area contributed by atoms with E-state index in [0.29, 0.717) is 12.2 Å². The molecule has 0 radical (unpaired) electrons. The molecular weight excluding hydrogens is 342 g/mol. The highest BCUT2D eigenvalue weighted by Crippen LogP contribution is 2.21. The fraction of sp³-hybridized carbons (Fsp3) is 0.286. The van der Waals surface area contributed by atoms with Gasteiger partial charge in [0.2, 0.25) is 5.91 Å². The molecule has 2 aromatic carbocycles. The van der Waals surface area contributed by atoms with Crippen LogP contribution in [0.4, 0.5) is 0 Å². The van der Waals surface area contributed by atoms with Crippen molar-refractivity contribution in [3.8, 4) is 0 Å². The van der Waals surface area contributed by atoms with Crippen LogP contribution < -0.4 is 5.32 Å². The summed E-state index contributed by atoms with van der Waals surface area (Å²) in [5.41, 5.74) is 3.68. The molecule has 1 amide bonds. The van der Waals surface area contributed by atoms with Gasteiger partial charge in [-0.1, -0.05) is 36.4 Å². The number of nitrogens with zero attached hydrogens (tertiary/aromatic N) is 2. The maximum absolute atomic E-state index is 12.5. The first kappa shape index (κ1) is 18.6. The summed E-state index contributed by atoms with van der Waals surface area (Å²) >= 11 is 0. The van der Waals surface area contributed by atoms with Crippen molar-refractivity contribution >= 4 is 22.9 Å². The van der Waals surface area contributed by atoms with Crippen LogP contribution in [0, 0.1) is 6.92 Å². The number of esters is 1. The van der Waals surface area contributed by atoms with E-state index in [1.54, 1.807) is 4.57 Å². The number of rotatable bonds is 6. The van der Waals surface area contributed by atoms with Crippen LogP contribution in [0.1, 0.15) is 29.9 Å². The molecule has 1 unspecified atom stereocenters. The summed E-state index contributed by atoms with van der Waals surface area (Å²) < 4.78 is 6.60. The Balaban J connectivity index is 1.83. The number of hydrogen-bond donors (Lipinski definition) is 1. The highest BCUT2D eigenvalue weighted by atomic mass is 16.5. The molecule has 6 heteroatoms. The van der Waals surface area contributed by atoms with Crippen LogP contribution in [0.3, 0.4) is 0 Å². The highest BCUT2D eigenvalue weighted by Gasteiger charge is 2.20. The van der Waals surface area contributed by atoms with Crippen molar-refractivity contribution in [2.75, 3.05) is 7.11 Å². The third-order valence-electron chi connectivity index (χ3n) is 4.58. The molecule has 0 aliphatic carbocycles. The van der Waals surface area contributed by atoms with Gasteiger partial charge in [-0.2, -0.15) is 0 Å². The van der Waals surface area contributed by atoms with Gasteiger partial charge < -0.3 is 14.6 Å². The Bertz CT molecular complexity index is 978. The maximum Gasteiger partial charge on any atom is 0.325 e. The summed E-state index contributed by atoms with van der Waals surface area (Å²) in [5.74, 6) is 0.172. The van der Waals surface area contributed by atoms with Gasteiger partial charge in [0.1, 0.15) is 12.4 Å². The zero-order valence-corrected chi connectivity index (χ0v) is 15.7. The number of methoxy groups -OCH3 is 1. The standard InChI is InChI=1S/C21H23N3O3/c1-14-8-4-5-9-16(14)12-19(25)22-15(2)21-23-17-10-6-7-11-18(17)24(21)13-20(26)27-3/h4-11,15H,12-13H2,1-3H3,(H,22,25). The number of para-hydroxylation sites is 2. The Labute approximate surface area is 158 Å². The number of amides is 1. The molecule has 140 valence electrons. The smallest absolute Gasteiger partial charge is 0.325 e. The van der Waals surface area contributed by atoms with E-state index in [9.17, 15) is 9.59 Å². The lowest BCUT2D eigenvalue weighted by atomic mass is 10.1. The zero-order valence-electron chi connectivity index (χ0n) is 15.7. The average Bonchev–Trinajstić information content (AvgIpc) is 3.02. The summed E-state index contributed by atoms with van der Waals surface area (Å²) in [7, 11) is 1.36. The van der Waals surface area contributed by atoms with Crippen molar-refractivity contribution in [3.63, 3.8) is 0 Å². The number of benzene rings is 2. The Hall–Kier alpha value is -3.15. The van der Waals surface area contributed by atoms with Crippen molar-refractivity contribution in [2.45, 2.75) is 32.9 Å². The quantitative estimate of drug-likeness (QED) is 0.682. The lowest BCUT2D eigenvalue weighted by molar-refractivity contribution is -0.141. The lowest BCUT2D eigenvalue weighted by Crippen LogP contribution is -2.30. The molecule has 3 rings (SSSR count). The van der Waals surface area contributed by atoms with Gasteiger partial charge in [-0.05, 0) is 37.1 Å². The fourth-order valence-corrected chi connectivity index (χ4v) is 3.12. The number of aryl methyl sites for hydroxylation is 1. The van der Waals surface area contributed by atoms with E-state index in [-0.39, 0.29) is 24.5 Å². The highest BCUT2D eigenvalue weighted by molar-refractivity contribution is 5.81. The van der Waals surface area contributed by atoms with E-state index in [2.05, 4.69) is 10.3 Å². The van der Waals surface area contributed by atoms with Gasteiger partial charge in [0.25, 0.3) is 0 Å². The number of fused-ring (bicyclic) bond motifs is 1. The fourth-order valence-electron chi connectivity index (χ4n) is 3.12. The summed E-state index contributed by atoms with van der Waals surface area (Å²) in [6.07, 6.45) is 0.300. The third kappa shape index (κ3) is 4.16. The van der Waals surface area contributed by atoms with Crippen LogP contribution in [-0.2, 0) is 27.3 Å². The number of imidazole rings is 1. The van der Waals surface area contributed by atoms with Crippen LogP contribution in [0.15, 0.2) is 48.5 Å². The van der Waals surface area contributed by atoms with Crippen LogP contribution in [-0.4, -0.2) is 28.5 Å². The maximum atomic E-state index is 12.5. The third-order valence-corrected chi connectivity index (χ3v) is 4.58. The van der Waals surface area contributed by atoms with E-state index >= 15 is 0 Å². The molecule has 1 atom stereocenters. The first-order chi connectivity index (χ1) is 13.0. The predicted molar refractivity (Wildman–Crippen MR) is 103 cm³/mol. The number of ether oxygens (including phenoxy) is 1. The summed E-state index contributed by atoms with van der Waals surface area (Å²) in [6.45, 7) is 3.90. The molecule has 0 bridgehead atoms. The van der Waals surface area contributed by atoms with Crippen molar-refractivity contribution in [3.05, 3.63) is 65.5 Å². The van der Waals surface area contributed by atoms with E-state index in [0.717, 1.165) is 22.2 Å². The number of nitrogens with one attached hydrogen (secondary N) is 1. The largest absolute Gasteiger partial charge is 0.468 e. The molecule has 0 aliphatic rings. The minimum atomic E-state index is -0.363. The monoisotopic (exact) mass is 365 g/mol. The van der Waals surface area contributed by atoms with Crippen LogP contribution in [0.25, 0.3) is 11.0 Å². The molecule has 1 heterocycles. The van der Waals surface area contributed by atoms with Gasteiger partial charge in [-0.15, -0.1) is 0 Å². The van der Waals surface area contributed by atoms with Gasteiger partial charge >= 0.3 is 5.97 Å². The molecule has 27 heavy (non-hydrogen) atoms. The molecule has 0 fully saturated rings. The van der Waals surface area contributed by atoms with Gasteiger partial charge in [-0.3, -0.25) is 9.59 Å². The van der Waals surface area contributed by atoms with Crippen molar-refractivity contribution < 1.29 is 14.3 Å². The van der Waals surface area contributed by atoms with Gasteiger partial charge in [0, 0.05) is 0 Å². The van der Waals surface area contributed by atoms with Crippen LogP contribution in [0.2, 0.25) is 0 Å². The predicted octanol–water partition coefficient (Wildman–Crippen LogP) is 2.94. The topological polar surface area (TPSA) is 73.2 Å². The Morgan fingerprint density at radius 3 is 2.59 bits per heavy atom. The second kappa shape index (κ2) is 8.03. The summed E-state index contributed by atoms with van der Waals surface area (Å²) in [6, 6.07) is 15.0. The van der Waals surface area contributed by atoms with Gasteiger partial charge in [0.05, 0.1) is 30.6 Å². The second-order valence-electron chi connectivity index (χ2n) is 6.51. The van der Waals surface area contributed by atoms with Crippen molar-refractivity contribution in [1.29, 1.82) is 0 Å². The Morgan fingerprint density at radius 2 is 1.85 bits per heavy atom. The van der Waals surface area contributed by atoms with Gasteiger partial charge in [-0.25, -0.2) is 4.98 Å². The molecule has 0 spiro atoms. The molecule has 3 aromatic rings. The number of carbonyl (C=O) groups is 2. The molecule has 6 nitrogen and oxygen atoms in total. The van der Waals surface area contributed by atoms with Crippen LogP contribution in [0.5, 0.6) is 0 Å².